The Balaban J connectivity index is 4.12. The summed E-state index contributed by atoms with van der Waals surface area (Å²) in [6.07, 6.45) is 97.8. The number of rotatable bonds is 65. The van der Waals surface area contributed by atoms with Crippen molar-refractivity contribution in [3.63, 3.8) is 0 Å². The summed E-state index contributed by atoms with van der Waals surface area (Å²) in [5, 5.41) is 11.8. The molecule has 0 aliphatic rings. The molecule has 506 valence electrons. The fourth-order valence-electron chi connectivity index (χ4n) is 9.66. The van der Waals surface area contributed by atoms with Crippen LogP contribution in [0.25, 0.3) is 0 Å². The molecular formula is C80H133NO8. The van der Waals surface area contributed by atoms with Gasteiger partial charge in [0.25, 0.3) is 0 Å². The molecule has 0 N–H and O–H groups in total. The van der Waals surface area contributed by atoms with Crippen LogP contribution >= 0.6 is 0 Å². The zero-order valence-electron chi connectivity index (χ0n) is 57.8. The number of allylic oxidation sites excluding steroid dienone is 24. The number of aliphatic carboxylic acids is 1. The summed E-state index contributed by atoms with van der Waals surface area (Å²) >= 11 is 0. The molecular weight excluding hydrogens is 1100 g/mol. The number of carboxylic acid groups (broad SMARTS) is 1. The maximum Gasteiger partial charge on any atom is 0.306 e. The van der Waals surface area contributed by atoms with Crippen LogP contribution in [0.15, 0.2) is 146 Å². The average molecular weight is 1240 g/mol. The van der Waals surface area contributed by atoms with E-state index in [-0.39, 0.29) is 38.6 Å². The van der Waals surface area contributed by atoms with Crippen molar-refractivity contribution in [3.05, 3.63) is 146 Å². The van der Waals surface area contributed by atoms with Gasteiger partial charge in [-0.15, -0.1) is 0 Å². The maximum atomic E-state index is 13.0. The smallest absolute Gasteiger partial charge is 0.306 e. The monoisotopic (exact) mass is 1240 g/mol. The van der Waals surface area contributed by atoms with Gasteiger partial charge in [-0.2, -0.15) is 0 Å². The third-order valence-electron chi connectivity index (χ3n) is 15.1. The lowest BCUT2D eigenvalue weighted by Crippen LogP contribution is -2.44. The van der Waals surface area contributed by atoms with Crippen molar-refractivity contribution >= 4 is 17.9 Å². The average Bonchev–Trinajstić information content (AvgIpc) is 3.70. The van der Waals surface area contributed by atoms with Crippen LogP contribution in [-0.4, -0.2) is 82.3 Å². The number of hydrogen-bond donors (Lipinski definition) is 0. The highest BCUT2D eigenvalue weighted by Crippen LogP contribution is 2.17. The van der Waals surface area contributed by atoms with E-state index in [2.05, 4.69) is 160 Å². The van der Waals surface area contributed by atoms with Crippen LogP contribution < -0.4 is 5.11 Å². The largest absolute Gasteiger partial charge is 0.545 e. The molecule has 0 fully saturated rings. The van der Waals surface area contributed by atoms with Crippen molar-refractivity contribution in [2.75, 3.05) is 47.5 Å². The lowest BCUT2D eigenvalue weighted by Gasteiger charge is -2.26. The lowest BCUT2D eigenvalue weighted by molar-refractivity contribution is -0.870. The number of unbranched alkanes of at least 4 members (excludes halogenated alkanes) is 26. The summed E-state index contributed by atoms with van der Waals surface area (Å²) in [4.78, 5) is 37.5. The molecule has 2 unspecified atom stereocenters. The molecule has 0 saturated carbocycles. The third kappa shape index (κ3) is 70.5. The quantitative estimate of drug-likeness (QED) is 0.0195. The first-order valence-electron chi connectivity index (χ1n) is 36.0. The van der Waals surface area contributed by atoms with Gasteiger partial charge in [0.1, 0.15) is 13.2 Å². The number of nitrogens with zero attached hydrogens (tertiary/aromatic N) is 1. The van der Waals surface area contributed by atoms with Crippen LogP contribution in [0.5, 0.6) is 0 Å². The molecule has 0 aromatic rings. The van der Waals surface area contributed by atoms with E-state index in [0.29, 0.717) is 17.4 Å². The van der Waals surface area contributed by atoms with Crippen LogP contribution in [0.2, 0.25) is 0 Å². The van der Waals surface area contributed by atoms with Gasteiger partial charge in [0.15, 0.2) is 12.4 Å². The zero-order chi connectivity index (χ0) is 64.7. The van der Waals surface area contributed by atoms with E-state index in [0.717, 1.165) is 122 Å². The Labute approximate surface area is 547 Å². The van der Waals surface area contributed by atoms with Crippen LogP contribution in [0.3, 0.4) is 0 Å². The van der Waals surface area contributed by atoms with Gasteiger partial charge < -0.3 is 33.3 Å². The first kappa shape index (κ1) is 84.2. The summed E-state index contributed by atoms with van der Waals surface area (Å²) in [7, 11) is 5.93. The molecule has 0 rings (SSSR count). The van der Waals surface area contributed by atoms with Crippen LogP contribution in [0.1, 0.15) is 284 Å². The van der Waals surface area contributed by atoms with Crippen LogP contribution in [0, 0.1) is 0 Å². The molecule has 0 saturated heterocycles. The summed E-state index contributed by atoms with van der Waals surface area (Å²) in [6, 6.07) is 0. The minimum Gasteiger partial charge on any atom is -0.545 e. The van der Waals surface area contributed by atoms with E-state index >= 15 is 0 Å². The molecule has 0 radical (unpaired) electrons. The number of quaternary nitrogens is 1. The van der Waals surface area contributed by atoms with Crippen molar-refractivity contribution < 1.29 is 42.9 Å². The second kappa shape index (κ2) is 69.1. The van der Waals surface area contributed by atoms with Gasteiger partial charge in [0.2, 0.25) is 0 Å². The second-order valence-electron chi connectivity index (χ2n) is 24.8. The van der Waals surface area contributed by atoms with Gasteiger partial charge in [-0.1, -0.05) is 301 Å². The minimum absolute atomic E-state index is 0.142. The first-order valence-corrected chi connectivity index (χ1v) is 36.0. The maximum absolute atomic E-state index is 13.0. The normalized spacial score (nSPS) is 13.6. The minimum atomic E-state index is -1.63. The van der Waals surface area contributed by atoms with E-state index in [9.17, 15) is 19.5 Å². The van der Waals surface area contributed by atoms with Crippen molar-refractivity contribution in [3.8, 4) is 0 Å². The first-order chi connectivity index (χ1) is 43.6. The number of carboxylic acids is 1. The Hall–Kier alpha value is -4.83. The van der Waals surface area contributed by atoms with E-state index < -0.39 is 24.3 Å². The van der Waals surface area contributed by atoms with Crippen molar-refractivity contribution in [1.82, 2.24) is 0 Å². The van der Waals surface area contributed by atoms with Crippen LogP contribution in [-0.2, 0) is 33.3 Å². The molecule has 0 spiro atoms. The predicted molar refractivity (Wildman–Crippen MR) is 379 cm³/mol. The fraction of sp³-hybridized carbons (Fsp3) is 0.662. The van der Waals surface area contributed by atoms with Gasteiger partial charge in [0, 0.05) is 12.8 Å². The molecule has 89 heavy (non-hydrogen) atoms. The van der Waals surface area contributed by atoms with Gasteiger partial charge >= 0.3 is 11.9 Å². The molecule has 9 nitrogen and oxygen atoms in total. The molecule has 0 bridgehead atoms. The number of carbonyl (C=O) groups excluding carboxylic acids is 3. The number of carbonyl (C=O) groups is 3. The zero-order valence-corrected chi connectivity index (χ0v) is 57.8. The Morgan fingerprint density at radius 1 is 0.337 bits per heavy atom. The van der Waals surface area contributed by atoms with Crippen LogP contribution in [0.4, 0.5) is 0 Å². The van der Waals surface area contributed by atoms with Crippen molar-refractivity contribution in [2.45, 2.75) is 296 Å². The Morgan fingerprint density at radius 2 is 0.607 bits per heavy atom. The highest BCUT2D eigenvalue weighted by molar-refractivity contribution is 5.70. The topological polar surface area (TPSA) is 111 Å². The van der Waals surface area contributed by atoms with E-state index in [1.807, 2.05) is 21.1 Å². The third-order valence-corrected chi connectivity index (χ3v) is 15.1. The Bertz CT molecular complexity index is 1970. The highest BCUT2D eigenvalue weighted by Gasteiger charge is 2.22. The van der Waals surface area contributed by atoms with Gasteiger partial charge in [-0.3, -0.25) is 9.59 Å². The summed E-state index contributed by atoms with van der Waals surface area (Å²) in [5.74, 6) is -2.29. The number of ether oxygens (including phenoxy) is 4. The molecule has 0 aliphatic heterocycles. The summed E-state index contributed by atoms with van der Waals surface area (Å²) < 4.78 is 22.8. The summed E-state index contributed by atoms with van der Waals surface area (Å²) in [6.45, 7) is 4.52. The van der Waals surface area contributed by atoms with Gasteiger partial charge in [-0.05, 0) is 116 Å². The van der Waals surface area contributed by atoms with E-state index in [1.165, 1.54) is 128 Å². The van der Waals surface area contributed by atoms with Gasteiger partial charge in [0.05, 0.1) is 40.3 Å². The van der Waals surface area contributed by atoms with Crippen molar-refractivity contribution in [2.24, 2.45) is 0 Å². The predicted octanol–water partition coefficient (Wildman–Crippen LogP) is 21.4. The van der Waals surface area contributed by atoms with E-state index in [4.69, 9.17) is 18.9 Å². The molecule has 0 aromatic heterocycles. The molecule has 0 amide bonds. The van der Waals surface area contributed by atoms with E-state index in [1.54, 1.807) is 0 Å². The standard InChI is InChI=1S/C80H133NO8/c1-6-8-10-12-14-16-18-20-22-24-26-28-30-32-34-35-36-37-38-39-40-41-42-43-45-47-49-51-53-55-57-59-61-63-65-67-69-71-78(83)89-76(75-88-80(79(84)85)86-73-72-81(3,4)5)74-87-77(82)70-68-66-64-62-60-58-56-54-52-50-48-46-44-33-31-29-27-25-23-21-19-17-15-13-11-9-7-2/h8-11,14-17,20-23,26-29,32-34,36-37,39-40,44,76,80H,6-7,12-13,18-19,24-25,30-31,35,38,41-43,45-75H2,1-5H3/b10-8-,11-9-,16-14-,17-15-,22-20-,23-21-,28-26-,29-27-,34-32-,37-36-,40-39-,44-33-. The molecule has 2 atom stereocenters. The number of likely N-dealkylation sites (N-methyl/N-ethyl adjacent to an activating group) is 1. The molecule has 9 heteroatoms. The molecule has 0 heterocycles. The number of hydrogen-bond acceptors (Lipinski definition) is 8. The van der Waals surface area contributed by atoms with Gasteiger partial charge in [-0.25, -0.2) is 0 Å². The summed E-state index contributed by atoms with van der Waals surface area (Å²) in [5.41, 5.74) is 0. The number of esters is 2. The molecule has 0 aromatic carbocycles. The SMILES string of the molecule is CC/C=C\C/C=C\C/C=C\C/C=C\C/C=C\C/C=C\C/C=C\CCCCCCCCCCCCCCCCCC(=O)OC(COC(=O)CCCCCCCCCCCCC/C=C\C/C=C\C/C=C\C/C=C\C/C=C\CC)COC(OCC[N+](C)(C)C)C(=O)[O-]. The molecule has 0 aliphatic carbocycles. The highest BCUT2D eigenvalue weighted by atomic mass is 16.7. The Morgan fingerprint density at radius 3 is 0.899 bits per heavy atom. The Kier molecular flexibility index (Phi) is 65.3. The lowest BCUT2D eigenvalue weighted by atomic mass is 10.0. The fourth-order valence-corrected chi connectivity index (χ4v) is 9.66. The second-order valence-corrected chi connectivity index (χ2v) is 24.8. The van der Waals surface area contributed by atoms with Crippen molar-refractivity contribution in [1.29, 1.82) is 0 Å².